The number of hydrogen-bond donors (Lipinski definition) is 1. The number of nitrogens with one attached hydrogen (secondary N) is 1. The van der Waals surface area contributed by atoms with Gasteiger partial charge in [-0.05, 0) is 18.9 Å². The van der Waals surface area contributed by atoms with Crippen molar-refractivity contribution >= 4 is 11.3 Å². The largest absolute Gasteiger partial charge is 0.308 e. The first kappa shape index (κ1) is 16.6. The highest BCUT2D eigenvalue weighted by Crippen LogP contribution is 2.32. The Labute approximate surface area is 123 Å². The van der Waals surface area contributed by atoms with Gasteiger partial charge in [0.2, 0.25) is 0 Å². The molecule has 1 aromatic rings. The Balaban J connectivity index is 2.93. The Morgan fingerprint density at radius 1 is 1.21 bits per heavy atom. The first-order chi connectivity index (χ1) is 8.93. The number of rotatable bonds is 7. The van der Waals surface area contributed by atoms with Gasteiger partial charge in [-0.25, -0.2) is 4.98 Å². The maximum atomic E-state index is 4.91. The van der Waals surface area contributed by atoms with Gasteiger partial charge in [0.05, 0.1) is 11.7 Å². The van der Waals surface area contributed by atoms with Crippen molar-refractivity contribution < 1.29 is 0 Å². The number of thiazole rings is 1. The molecule has 0 aliphatic rings. The summed E-state index contributed by atoms with van der Waals surface area (Å²) < 4.78 is 0. The summed E-state index contributed by atoms with van der Waals surface area (Å²) in [4.78, 5) is 4.91. The molecule has 0 amide bonds. The highest BCUT2D eigenvalue weighted by molar-refractivity contribution is 7.09. The zero-order chi connectivity index (χ0) is 14.5. The fourth-order valence-corrected chi connectivity index (χ4v) is 3.50. The van der Waals surface area contributed by atoms with E-state index in [9.17, 15) is 0 Å². The molecule has 1 rings (SSSR count). The third kappa shape index (κ3) is 4.57. The summed E-state index contributed by atoms with van der Waals surface area (Å²) in [7, 11) is 0. The third-order valence-electron chi connectivity index (χ3n) is 3.69. The molecule has 110 valence electrons. The van der Waals surface area contributed by atoms with Crippen LogP contribution in [0.15, 0.2) is 5.38 Å². The lowest BCUT2D eigenvalue weighted by Gasteiger charge is -2.25. The molecule has 0 fully saturated rings. The monoisotopic (exact) mass is 282 g/mol. The van der Waals surface area contributed by atoms with Crippen LogP contribution >= 0.6 is 11.3 Å². The van der Waals surface area contributed by atoms with E-state index in [0.29, 0.717) is 12.0 Å². The quantitative estimate of drug-likeness (QED) is 0.768. The van der Waals surface area contributed by atoms with Crippen molar-refractivity contribution in [1.82, 2.24) is 10.3 Å². The van der Waals surface area contributed by atoms with E-state index in [1.165, 1.54) is 30.0 Å². The van der Waals surface area contributed by atoms with E-state index >= 15 is 0 Å². The van der Waals surface area contributed by atoms with Crippen molar-refractivity contribution in [3.8, 4) is 0 Å². The minimum atomic E-state index is 0.151. The molecule has 0 saturated carbocycles. The molecule has 1 atom stereocenters. The van der Waals surface area contributed by atoms with E-state index in [4.69, 9.17) is 4.98 Å². The lowest BCUT2D eigenvalue weighted by molar-refractivity contribution is 0.339. The van der Waals surface area contributed by atoms with Crippen LogP contribution < -0.4 is 5.32 Å². The molecule has 0 saturated heterocycles. The summed E-state index contributed by atoms with van der Waals surface area (Å²) in [6, 6.07) is 0.427. The van der Waals surface area contributed by atoms with Crippen molar-refractivity contribution in [2.45, 2.75) is 72.3 Å². The van der Waals surface area contributed by atoms with Gasteiger partial charge in [-0.3, -0.25) is 0 Å². The zero-order valence-electron chi connectivity index (χ0n) is 13.4. The molecule has 0 aliphatic heterocycles. The fourth-order valence-electron chi connectivity index (χ4n) is 2.29. The maximum Gasteiger partial charge on any atom is 0.110 e. The second kappa shape index (κ2) is 7.39. The van der Waals surface area contributed by atoms with Crippen LogP contribution in [0.1, 0.15) is 77.5 Å². The van der Waals surface area contributed by atoms with Crippen LogP contribution in [0.4, 0.5) is 0 Å². The van der Waals surface area contributed by atoms with E-state index < -0.39 is 0 Å². The standard InChI is InChI=1S/C16H30N2S/c1-7-10-17-14(12(8-2)9-3)15-18-13(11-19-15)16(4,5)6/h11-12,14,17H,7-10H2,1-6H3. The molecule has 3 heteroatoms. The first-order valence-corrected chi connectivity index (χ1v) is 8.51. The van der Waals surface area contributed by atoms with Gasteiger partial charge in [0.1, 0.15) is 5.01 Å². The highest BCUT2D eigenvalue weighted by Gasteiger charge is 2.25. The Bertz CT molecular complexity index is 361. The van der Waals surface area contributed by atoms with Crippen molar-refractivity contribution in [2.75, 3.05) is 6.54 Å². The molecule has 0 spiro atoms. The Kier molecular flexibility index (Phi) is 6.48. The topological polar surface area (TPSA) is 24.9 Å². The lowest BCUT2D eigenvalue weighted by Crippen LogP contribution is -2.28. The van der Waals surface area contributed by atoms with E-state index in [1.54, 1.807) is 0 Å². The van der Waals surface area contributed by atoms with Crippen LogP contribution in [-0.2, 0) is 5.41 Å². The lowest BCUT2D eigenvalue weighted by atomic mass is 9.92. The SMILES string of the molecule is CCCNC(c1nc(C(C)(C)C)cs1)C(CC)CC. The molecule has 1 aromatic heterocycles. The average molecular weight is 282 g/mol. The van der Waals surface area contributed by atoms with Crippen LogP contribution in [-0.4, -0.2) is 11.5 Å². The molecular formula is C16H30N2S. The molecule has 0 radical (unpaired) electrons. The summed E-state index contributed by atoms with van der Waals surface area (Å²) in [6.07, 6.45) is 3.60. The second-order valence-corrected chi connectivity index (χ2v) is 7.22. The summed E-state index contributed by atoms with van der Waals surface area (Å²) in [6.45, 7) is 14.6. The molecule has 0 aromatic carbocycles. The van der Waals surface area contributed by atoms with Crippen molar-refractivity contribution in [3.63, 3.8) is 0 Å². The molecule has 1 heterocycles. The molecule has 1 N–H and O–H groups in total. The third-order valence-corrected chi connectivity index (χ3v) is 4.62. The average Bonchev–Trinajstić information content (AvgIpc) is 2.83. The van der Waals surface area contributed by atoms with E-state index in [1.807, 2.05) is 11.3 Å². The highest BCUT2D eigenvalue weighted by atomic mass is 32.1. The van der Waals surface area contributed by atoms with Crippen molar-refractivity contribution in [1.29, 1.82) is 0 Å². The number of nitrogens with zero attached hydrogens (tertiary/aromatic N) is 1. The molecule has 0 bridgehead atoms. The van der Waals surface area contributed by atoms with Crippen LogP contribution in [0, 0.1) is 5.92 Å². The molecular weight excluding hydrogens is 252 g/mol. The van der Waals surface area contributed by atoms with Gasteiger partial charge in [0, 0.05) is 10.8 Å². The molecule has 0 aliphatic carbocycles. The molecule has 2 nitrogen and oxygen atoms in total. The zero-order valence-corrected chi connectivity index (χ0v) is 14.2. The number of aromatic nitrogens is 1. The smallest absolute Gasteiger partial charge is 0.110 e. The van der Waals surface area contributed by atoms with Gasteiger partial charge in [-0.2, -0.15) is 0 Å². The van der Waals surface area contributed by atoms with Crippen LogP contribution in [0.3, 0.4) is 0 Å². The Hall–Kier alpha value is -0.410. The number of hydrogen-bond acceptors (Lipinski definition) is 3. The van der Waals surface area contributed by atoms with Gasteiger partial charge in [-0.1, -0.05) is 54.4 Å². The van der Waals surface area contributed by atoms with Gasteiger partial charge in [0.25, 0.3) is 0 Å². The van der Waals surface area contributed by atoms with Crippen LogP contribution in [0.5, 0.6) is 0 Å². The minimum absolute atomic E-state index is 0.151. The predicted octanol–water partition coefficient (Wildman–Crippen LogP) is 4.92. The Morgan fingerprint density at radius 3 is 2.26 bits per heavy atom. The summed E-state index contributed by atoms with van der Waals surface area (Å²) >= 11 is 1.82. The molecule has 19 heavy (non-hydrogen) atoms. The van der Waals surface area contributed by atoms with Gasteiger partial charge < -0.3 is 5.32 Å². The van der Waals surface area contributed by atoms with Gasteiger partial charge in [0.15, 0.2) is 0 Å². The second-order valence-electron chi connectivity index (χ2n) is 6.33. The van der Waals surface area contributed by atoms with Crippen molar-refractivity contribution in [2.24, 2.45) is 5.92 Å². The Morgan fingerprint density at radius 2 is 1.84 bits per heavy atom. The molecule has 1 unspecified atom stereocenters. The first-order valence-electron chi connectivity index (χ1n) is 7.63. The van der Waals surface area contributed by atoms with Crippen molar-refractivity contribution in [3.05, 3.63) is 16.1 Å². The van der Waals surface area contributed by atoms with Gasteiger partial charge >= 0.3 is 0 Å². The van der Waals surface area contributed by atoms with E-state index in [0.717, 1.165) is 6.54 Å². The van der Waals surface area contributed by atoms with E-state index in [-0.39, 0.29) is 5.41 Å². The summed E-state index contributed by atoms with van der Waals surface area (Å²) in [5.74, 6) is 0.686. The maximum absolute atomic E-state index is 4.91. The van der Waals surface area contributed by atoms with E-state index in [2.05, 4.69) is 52.2 Å². The summed E-state index contributed by atoms with van der Waals surface area (Å²) in [5.41, 5.74) is 1.37. The summed E-state index contributed by atoms with van der Waals surface area (Å²) in [5, 5.41) is 7.21. The minimum Gasteiger partial charge on any atom is -0.308 e. The fraction of sp³-hybridized carbons (Fsp3) is 0.812. The predicted molar refractivity (Wildman–Crippen MR) is 85.9 cm³/mol. The van der Waals surface area contributed by atoms with Crippen LogP contribution in [0.2, 0.25) is 0 Å². The van der Waals surface area contributed by atoms with Gasteiger partial charge in [-0.15, -0.1) is 11.3 Å². The normalized spacial score (nSPS) is 14.1. The van der Waals surface area contributed by atoms with Crippen LogP contribution in [0.25, 0.3) is 0 Å².